The minimum absolute atomic E-state index is 0. The summed E-state index contributed by atoms with van der Waals surface area (Å²) < 4.78 is 1.08. The fourth-order valence-corrected chi connectivity index (χ4v) is 8.27. The van der Waals surface area contributed by atoms with Gasteiger partial charge < -0.3 is 42.1 Å². The van der Waals surface area contributed by atoms with Crippen molar-refractivity contribution in [1.82, 2.24) is 50.0 Å². The first kappa shape index (κ1) is 53.1. The van der Waals surface area contributed by atoms with Gasteiger partial charge in [-0.15, -0.1) is 18.9 Å². The first-order valence-corrected chi connectivity index (χ1v) is 22.7. The number of carbonyl (C=O) groups excluding carboxylic acids is 4. The number of pyridine rings is 4. The van der Waals surface area contributed by atoms with E-state index < -0.39 is 45.9 Å². The monoisotopic (exact) mass is 1130 g/mol. The molecule has 0 aliphatic rings. The summed E-state index contributed by atoms with van der Waals surface area (Å²) in [5, 5.41) is 55.8. The van der Waals surface area contributed by atoms with Gasteiger partial charge in [-0.2, -0.15) is 0 Å². The van der Waals surface area contributed by atoms with E-state index in [4.69, 9.17) is 0 Å². The van der Waals surface area contributed by atoms with Gasteiger partial charge in [0.25, 0.3) is 45.9 Å². The van der Waals surface area contributed by atoms with Crippen molar-refractivity contribution in [2.75, 3.05) is 65.4 Å². The molecule has 22 nitrogen and oxygen atoms in total. The van der Waals surface area contributed by atoms with E-state index in [1.165, 1.54) is 48.5 Å². The zero-order valence-electron chi connectivity index (χ0n) is 38.7. The van der Waals surface area contributed by atoms with Crippen LogP contribution in [-0.2, 0) is 0 Å². The second kappa shape index (κ2) is 23.7. The second-order valence-electron chi connectivity index (χ2n) is 16.6. The molecule has 8 rings (SSSR count). The number of aromatic nitrogens is 4. The predicted octanol–water partition coefficient (Wildman–Crippen LogP) is 1.52. The quantitative estimate of drug-likeness (QED) is 0.0533. The van der Waals surface area contributed by atoms with Gasteiger partial charge in [0, 0.05) is 65.4 Å². The van der Waals surface area contributed by atoms with Crippen LogP contribution in [0, 0.1) is 49.4 Å². The largest absolute Gasteiger partial charge is 3.00 e. The predicted molar refractivity (Wildman–Crippen MR) is 264 cm³/mol. The third-order valence-corrected chi connectivity index (χ3v) is 12.1. The molecule has 4 aromatic carbocycles. The zero-order valence-corrected chi connectivity index (χ0v) is 41.2. The Labute approximate surface area is 453 Å². The SMILES string of the molecule is O=C(NCCN(CCNC(=O)c1cc2ccccc2c(=O)n1O)CCN(CCNC(=O)c1cc2ccccc2c(=O)n1O)CCNC(=O)c1cc2ccccc2c(=O)n1O)c1cc2ccccc2c(=O)n1O.[Eu+3]. The summed E-state index contributed by atoms with van der Waals surface area (Å²) in [5.74, 6) is -3.01. The standard InChI is InChI=1S/C50H48N10O12.Eu/c61-43(39-27-31-9-1-5-13-35(31)47(65)57(39)69)51-17-21-55(22-18-52-44(62)40-28-32-10-2-6-14-36(32)48(66)58(40)70)25-26-56(23-19-53-45(63)41-29-33-11-3-7-15-37(33)49(67)59(41)71)24-20-54-46(64)42-30-34-12-4-8-16-38(34)50(68)60(42)72;/h1-16,27-30,69-72H,17-26H2,(H,51,61)(H,52,62)(H,53,63)(H,54,64);/q;+3. The van der Waals surface area contributed by atoms with Gasteiger partial charge in [-0.3, -0.25) is 48.2 Å². The average Bonchev–Trinajstić information content (AvgIpc) is 3.39. The number of hydrogen-bond acceptors (Lipinski definition) is 14. The van der Waals surface area contributed by atoms with Crippen LogP contribution in [-0.4, -0.2) is 139 Å². The molecule has 4 heterocycles. The molecule has 0 radical (unpaired) electrons. The molecular formula is C50H48EuN10O12+3. The van der Waals surface area contributed by atoms with Crippen molar-refractivity contribution in [2.24, 2.45) is 0 Å². The molecule has 0 fully saturated rings. The molecule has 4 amide bonds. The number of benzene rings is 4. The van der Waals surface area contributed by atoms with E-state index in [-0.39, 0.29) is 178 Å². The van der Waals surface area contributed by atoms with Gasteiger partial charge in [0.1, 0.15) is 22.8 Å². The van der Waals surface area contributed by atoms with Crippen LogP contribution in [0.2, 0.25) is 0 Å². The average molecular weight is 1130 g/mol. The van der Waals surface area contributed by atoms with Gasteiger partial charge in [-0.1, -0.05) is 72.8 Å². The molecule has 0 spiro atoms. The minimum atomic E-state index is -0.784. The van der Waals surface area contributed by atoms with Gasteiger partial charge in [-0.05, 0) is 70.1 Å². The van der Waals surface area contributed by atoms with E-state index in [0.717, 1.165) is 0 Å². The summed E-state index contributed by atoms with van der Waals surface area (Å²) in [6, 6.07) is 31.3. The molecule has 23 heteroatoms. The van der Waals surface area contributed by atoms with Crippen LogP contribution >= 0.6 is 0 Å². The third kappa shape index (κ3) is 11.8. The Kier molecular flexibility index (Phi) is 17.2. The molecule has 0 unspecified atom stereocenters. The minimum Gasteiger partial charge on any atom is -0.425 e. The van der Waals surface area contributed by atoms with Crippen LogP contribution < -0.4 is 43.5 Å². The van der Waals surface area contributed by atoms with Gasteiger partial charge in [-0.25, -0.2) is 0 Å². The number of nitrogens with zero attached hydrogens (tertiary/aromatic N) is 6. The van der Waals surface area contributed by atoms with Crippen molar-refractivity contribution >= 4 is 66.7 Å². The number of nitrogens with one attached hydrogen (secondary N) is 4. The Morgan fingerprint density at radius 3 is 0.781 bits per heavy atom. The van der Waals surface area contributed by atoms with Gasteiger partial charge in [0.2, 0.25) is 0 Å². The molecule has 8 N–H and O–H groups in total. The van der Waals surface area contributed by atoms with Crippen molar-refractivity contribution < 1.29 is 89.4 Å². The van der Waals surface area contributed by atoms with Gasteiger partial charge in [0.05, 0.1) is 21.5 Å². The molecule has 0 saturated carbocycles. The normalized spacial score (nSPS) is 11.3. The van der Waals surface area contributed by atoms with E-state index in [2.05, 4.69) is 21.3 Å². The summed E-state index contributed by atoms with van der Waals surface area (Å²) in [6.07, 6.45) is 0. The van der Waals surface area contributed by atoms with E-state index in [9.17, 15) is 59.2 Å². The number of fused-ring (bicyclic) bond motifs is 4. The van der Waals surface area contributed by atoms with Crippen LogP contribution in [0.15, 0.2) is 141 Å². The van der Waals surface area contributed by atoms with Crippen LogP contribution in [0.1, 0.15) is 42.0 Å². The molecule has 8 aromatic rings. The number of hydrogen-bond donors (Lipinski definition) is 8. The molecule has 73 heavy (non-hydrogen) atoms. The summed E-state index contributed by atoms with van der Waals surface area (Å²) in [4.78, 5) is 109. The van der Waals surface area contributed by atoms with E-state index in [1.54, 1.807) is 72.8 Å². The summed E-state index contributed by atoms with van der Waals surface area (Å²) >= 11 is 0. The summed E-state index contributed by atoms with van der Waals surface area (Å²) in [5.41, 5.74) is -4.35. The smallest absolute Gasteiger partial charge is 0.425 e. The molecule has 0 aliphatic heterocycles. The van der Waals surface area contributed by atoms with E-state index in [1.807, 2.05) is 9.80 Å². The topological polar surface area (TPSA) is 292 Å². The van der Waals surface area contributed by atoms with Crippen LogP contribution in [0.25, 0.3) is 43.1 Å². The Bertz CT molecular complexity index is 3200. The fraction of sp³-hybridized carbons (Fsp3) is 0.200. The Hall–Kier alpha value is -7.70. The number of carbonyl (C=O) groups is 4. The molecule has 0 saturated heterocycles. The molecular weight excluding hydrogens is 1080 g/mol. The molecule has 4 aromatic heterocycles. The van der Waals surface area contributed by atoms with E-state index in [0.29, 0.717) is 21.5 Å². The molecule has 0 aliphatic carbocycles. The summed E-state index contributed by atoms with van der Waals surface area (Å²) in [6.45, 7) is 0.894. The maximum atomic E-state index is 13.4. The molecule has 374 valence electrons. The number of amides is 4. The maximum Gasteiger partial charge on any atom is 3.00 e. The van der Waals surface area contributed by atoms with Gasteiger partial charge >= 0.3 is 49.4 Å². The van der Waals surface area contributed by atoms with Crippen molar-refractivity contribution in [3.05, 3.63) is 186 Å². The van der Waals surface area contributed by atoms with Crippen molar-refractivity contribution in [1.29, 1.82) is 0 Å². The molecule has 0 bridgehead atoms. The second-order valence-corrected chi connectivity index (χ2v) is 16.6. The molecule has 0 atom stereocenters. The zero-order chi connectivity index (χ0) is 51.1. The first-order valence-electron chi connectivity index (χ1n) is 22.7. The maximum absolute atomic E-state index is 13.4. The van der Waals surface area contributed by atoms with Gasteiger partial charge in [0.15, 0.2) is 0 Å². The van der Waals surface area contributed by atoms with E-state index >= 15 is 0 Å². The summed E-state index contributed by atoms with van der Waals surface area (Å²) in [7, 11) is 0. The van der Waals surface area contributed by atoms with Crippen LogP contribution in [0.3, 0.4) is 0 Å². The Balaban J connectivity index is 0.00000780. The Morgan fingerprint density at radius 2 is 0.562 bits per heavy atom. The number of rotatable bonds is 19. The van der Waals surface area contributed by atoms with Crippen LogP contribution in [0.4, 0.5) is 0 Å². The van der Waals surface area contributed by atoms with Crippen molar-refractivity contribution in [3.63, 3.8) is 0 Å². The van der Waals surface area contributed by atoms with Crippen molar-refractivity contribution in [2.45, 2.75) is 0 Å². The third-order valence-electron chi connectivity index (χ3n) is 12.1. The first-order chi connectivity index (χ1) is 34.7. The van der Waals surface area contributed by atoms with Crippen molar-refractivity contribution in [3.8, 4) is 0 Å². The van der Waals surface area contributed by atoms with Crippen LogP contribution in [0.5, 0.6) is 0 Å². The fourth-order valence-electron chi connectivity index (χ4n) is 8.27. The Morgan fingerprint density at radius 1 is 0.356 bits per heavy atom.